The highest BCUT2D eigenvalue weighted by Gasteiger charge is 2.23. The molecule has 0 aliphatic carbocycles. The summed E-state index contributed by atoms with van der Waals surface area (Å²) in [7, 11) is 1.48. The molecule has 0 radical (unpaired) electrons. The van der Waals surface area contributed by atoms with Crippen molar-refractivity contribution < 1.29 is 13.9 Å². The fraction of sp³-hybridized carbons (Fsp3) is 0.571. The predicted molar refractivity (Wildman–Crippen MR) is 68.2 cm³/mol. The summed E-state index contributed by atoms with van der Waals surface area (Å²) in [4.78, 5) is 2.31. The quantitative estimate of drug-likeness (QED) is 0.826. The van der Waals surface area contributed by atoms with Gasteiger partial charge in [0, 0.05) is 19.1 Å². The molecule has 2 rings (SSSR count). The molecular weight excluding hydrogens is 233 g/mol. The minimum Gasteiger partial charge on any atom is -0.494 e. The Bertz CT molecular complexity index is 411. The number of rotatable bonds is 3. The summed E-state index contributed by atoms with van der Waals surface area (Å²) in [5, 5.41) is 0. The second-order valence-corrected chi connectivity index (χ2v) is 4.89. The monoisotopic (exact) mass is 253 g/mol. The van der Waals surface area contributed by atoms with E-state index >= 15 is 0 Å². The van der Waals surface area contributed by atoms with Gasteiger partial charge in [-0.2, -0.15) is 0 Å². The Labute approximate surface area is 107 Å². The summed E-state index contributed by atoms with van der Waals surface area (Å²) in [6.07, 6.45) is 0.240. The van der Waals surface area contributed by atoms with Gasteiger partial charge in [-0.15, -0.1) is 0 Å². The van der Waals surface area contributed by atoms with Crippen molar-refractivity contribution in [2.24, 2.45) is 0 Å². The molecule has 0 saturated carbocycles. The van der Waals surface area contributed by atoms with Crippen LogP contribution in [0.4, 0.5) is 4.39 Å². The van der Waals surface area contributed by atoms with E-state index in [0.29, 0.717) is 11.8 Å². The molecular formula is C14H20FNO2. The SMILES string of the molecule is COc1ccc(CN2C[C@H](C)OC[C@@H]2C)cc1F. The van der Waals surface area contributed by atoms with E-state index in [1.54, 1.807) is 12.1 Å². The first-order valence-electron chi connectivity index (χ1n) is 6.28. The summed E-state index contributed by atoms with van der Waals surface area (Å²) in [6.45, 7) is 6.56. The number of benzene rings is 1. The van der Waals surface area contributed by atoms with Crippen molar-refractivity contribution in [2.45, 2.75) is 32.5 Å². The van der Waals surface area contributed by atoms with Gasteiger partial charge in [-0.1, -0.05) is 6.07 Å². The summed E-state index contributed by atoms with van der Waals surface area (Å²) < 4.78 is 24.1. The van der Waals surface area contributed by atoms with Gasteiger partial charge in [0.25, 0.3) is 0 Å². The number of nitrogens with zero attached hydrogens (tertiary/aromatic N) is 1. The van der Waals surface area contributed by atoms with Gasteiger partial charge in [-0.25, -0.2) is 4.39 Å². The van der Waals surface area contributed by atoms with Gasteiger partial charge in [-0.05, 0) is 31.5 Å². The first-order chi connectivity index (χ1) is 8.60. The summed E-state index contributed by atoms with van der Waals surface area (Å²) in [5.41, 5.74) is 0.967. The number of morpholine rings is 1. The highest BCUT2D eigenvalue weighted by atomic mass is 19.1. The molecule has 1 aliphatic heterocycles. The van der Waals surface area contributed by atoms with Gasteiger partial charge in [0.15, 0.2) is 11.6 Å². The second-order valence-electron chi connectivity index (χ2n) is 4.89. The van der Waals surface area contributed by atoms with Crippen molar-refractivity contribution in [2.75, 3.05) is 20.3 Å². The third kappa shape index (κ3) is 3.00. The highest BCUT2D eigenvalue weighted by molar-refractivity contribution is 5.29. The van der Waals surface area contributed by atoms with Crippen LogP contribution < -0.4 is 4.74 Å². The van der Waals surface area contributed by atoms with Crippen molar-refractivity contribution in [1.82, 2.24) is 4.90 Å². The molecule has 0 aromatic heterocycles. The van der Waals surface area contributed by atoms with Crippen LogP contribution in [-0.4, -0.2) is 37.3 Å². The van der Waals surface area contributed by atoms with Gasteiger partial charge in [0.2, 0.25) is 0 Å². The normalized spacial score (nSPS) is 25.1. The van der Waals surface area contributed by atoms with Crippen LogP contribution in [0.2, 0.25) is 0 Å². The topological polar surface area (TPSA) is 21.7 Å². The Morgan fingerprint density at radius 3 is 2.89 bits per heavy atom. The smallest absolute Gasteiger partial charge is 0.165 e. The molecule has 100 valence electrons. The van der Waals surface area contributed by atoms with Crippen LogP contribution in [-0.2, 0) is 11.3 Å². The Morgan fingerprint density at radius 2 is 2.22 bits per heavy atom. The van der Waals surface area contributed by atoms with Gasteiger partial charge in [0.1, 0.15) is 0 Å². The lowest BCUT2D eigenvalue weighted by molar-refractivity contribution is -0.0526. The average molecular weight is 253 g/mol. The zero-order valence-corrected chi connectivity index (χ0v) is 11.1. The van der Waals surface area contributed by atoms with Crippen LogP contribution in [0.25, 0.3) is 0 Å². The average Bonchev–Trinajstić information content (AvgIpc) is 2.34. The van der Waals surface area contributed by atoms with Crippen molar-refractivity contribution >= 4 is 0 Å². The molecule has 1 saturated heterocycles. The lowest BCUT2D eigenvalue weighted by atomic mass is 10.1. The molecule has 0 unspecified atom stereocenters. The Balaban J connectivity index is 2.06. The number of ether oxygens (including phenoxy) is 2. The largest absolute Gasteiger partial charge is 0.494 e. The Kier molecular flexibility index (Phi) is 4.19. The van der Waals surface area contributed by atoms with E-state index in [4.69, 9.17) is 9.47 Å². The van der Waals surface area contributed by atoms with E-state index in [-0.39, 0.29) is 11.9 Å². The van der Waals surface area contributed by atoms with E-state index in [2.05, 4.69) is 18.7 Å². The van der Waals surface area contributed by atoms with Crippen LogP contribution >= 0.6 is 0 Å². The maximum Gasteiger partial charge on any atom is 0.165 e. The van der Waals surface area contributed by atoms with Crippen LogP contribution in [0.15, 0.2) is 18.2 Å². The molecule has 2 atom stereocenters. The highest BCUT2D eigenvalue weighted by Crippen LogP contribution is 2.20. The number of hydrogen-bond donors (Lipinski definition) is 0. The molecule has 1 aromatic rings. The molecule has 0 N–H and O–H groups in total. The molecule has 18 heavy (non-hydrogen) atoms. The molecule has 0 spiro atoms. The van der Waals surface area contributed by atoms with E-state index in [1.807, 2.05) is 6.07 Å². The Morgan fingerprint density at radius 1 is 1.44 bits per heavy atom. The maximum absolute atomic E-state index is 13.6. The number of halogens is 1. The van der Waals surface area contributed by atoms with Crippen LogP contribution in [0.5, 0.6) is 5.75 Å². The summed E-state index contributed by atoms with van der Waals surface area (Å²) >= 11 is 0. The van der Waals surface area contributed by atoms with Crippen LogP contribution in [0, 0.1) is 5.82 Å². The maximum atomic E-state index is 13.6. The molecule has 3 nitrogen and oxygen atoms in total. The molecule has 0 amide bonds. The molecule has 1 aromatic carbocycles. The van der Waals surface area contributed by atoms with E-state index in [0.717, 1.165) is 25.3 Å². The molecule has 0 bridgehead atoms. The molecule has 1 aliphatic rings. The van der Waals surface area contributed by atoms with E-state index < -0.39 is 0 Å². The second kappa shape index (κ2) is 5.67. The molecule has 4 heteroatoms. The first-order valence-corrected chi connectivity index (χ1v) is 6.28. The number of hydrogen-bond acceptors (Lipinski definition) is 3. The van der Waals surface area contributed by atoms with Crippen molar-refractivity contribution in [3.05, 3.63) is 29.6 Å². The zero-order valence-electron chi connectivity index (χ0n) is 11.1. The zero-order chi connectivity index (χ0) is 13.1. The standard InChI is InChI=1S/C14H20FNO2/c1-10-9-18-11(2)7-16(10)8-12-4-5-14(17-3)13(15)6-12/h4-6,10-11H,7-9H2,1-3H3/t10-,11-/m0/s1. The van der Waals surface area contributed by atoms with Gasteiger partial charge < -0.3 is 9.47 Å². The van der Waals surface area contributed by atoms with Crippen molar-refractivity contribution in [1.29, 1.82) is 0 Å². The molecule has 1 fully saturated rings. The minimum absolute atomic E-state index is 0.240. The van der Waals surface area contributed by atoms with Crippen molar-refractivity contribution in [3.63, 3.8) is 0 Å². The van der Waals surface area contributed by atoms with Gasteiger partial charge >= 0.3 is 0 Å². The van der Waals surface area contributed by atoms with Gasteiger partial charge in [-0.3, -0.25) is 4.90 Å². The lowest BCUT2D eigenvalue weighted by Gasteiger charge is -2.36. The third-order valence-electron chi connectivity index (χ3n) is 3.34. The van der Waals surface area contributed by atoms with E-state index in [1.165, 1.54) is 7.11 Å². The fourth-order valence-corrected chi connectivity index (χ4v) is 2.23. The van der Waals surface area contributed by atoms with Crippen molar-refractivity contribution in [3.8, 4) is 5.75 Å². The minimum atomic E-state index is -0.302. The predicted octanol–water partition coefficient (Wildman–Crippen LogP) is 2.44. The third-order valence-corrected chi connectivity index (χ3v) is 3.34. The Hall–Kier alpha value is -1.13. The molecule has 1 heterocycles. The van der Waals surface area contributed by atoms with E-state index in [9.17, 15) is 4.39 Å². The fourth-order valence-electron chi connectivity index (χ4n) is 2.23. The first kappa shape index (κ1) is 13.3. The van der Waals surface area contributed by atoms with Crippen LogP contribution in [0.1, 0.15) is 19.4 Å². The summed E-state index contributed by atoms with van der Waals surface area (Å²) in [6, 6.07) is 5.51. The number of methoxy groups -OCH3 is 1. The summed E-state index contributed by atoms with van der Waals surface area (Å²) in [5.74, 6) is -0.00824. The lowest BCUT2D eigenvalue weighted by Crippen LogP contribution is -2.46. The van der Waals surface area contributed by atoms with Gasteiger partial charge in [0.05, 0.1) is 19.8 Å². The van der Waals surface area contributed by atoms with Crippen LogP contribution in [0.3, 0.4) is 0 Å².